The van der Waals surface area contributed by atoms with Gasteiger partial charge in [0.1, 0.15) is 5.52 Å². The van der Waals surface area contributed by atoms with Gasteiger partial charge in [-0.05, 0) is 108 Å². The van der Waals surface area contributed by atoms with Crippen LogP contribution >= 0.6 is 0 Å². The van der Waals surface area contributed by atoms with Gasteiger partial charge in [-0.1, -0.05) is 115 Å². The molecule has 0 N–H and O–H groups in total. The highest BCUT2D eigenvalue weighted by Gasteiger charge is 2.51. The average Bonchev–Trinajstić information content (AvgIpc) is 3.65. The van der Waals surface area contributed by atoms with Crippen LogP contribution in [0.3, 0.4) is 0 Å². The maximum Gasteiger partial charge on any atom is 0.182 e. The molecule has 0 spiro atoms. The molecule has 4 aliphatic rings. The van der Waals surface area contributed by atoms with E-state index in [-0.39, 0.29) is 0 Å². The zero-order valence-corrected chi connectivity index (χ0v) is 27.6. The van der Waals surface area contributed by atoms with Crippen LogP contribution in [0.4, 0.5) is 0 Å². The molecule has 0 atom stereocenters. The molecule has 49 heavy (non-hydrogen) atoms. The standard InChI is InChI=1S/C46H38N2O/c1-3-7-34(8-4-1)41-20-19-40(44-45(41)49-29-47-44)35-13-11-33(12-14-35)38-24-42(36-9-5-2-6-10-36)48-43(25-38)37-15-17-39(18-16-37)46-26-30-21-31(27-46)23-32(22-30)28-46/h1-20,24-25,29-32H,21-23,26-28H2. The Bertz CT molecular complexity index is 2250. The fraction of sp³-hybridized carbons (Fsp3) is 0.217. The summed E-state index contributed by atoms with van der Waals surface area (Å²) in [5, 5.41) is 0. The van der Waals surface area contributed by atoms with Gasteiger partial charge in [0, 0.05) is 22.3 Å². The number of hydrogen-bond donors (Lipinski definition) is 0. The van der Waals surface area contributed by atoms with Gasteiger partial charge in [0.05, 0.1) is 11.4 Å². The van der Waals surface area contributed by atoms with E-state index in [0.29, 0.717) is 5.41 Å². The van der Waals surface area contributed by atoms with Crippen molar-refractivity contribution in [3.63, 3.8) is 0 Å². The minimum atomic E-state index is 0.402. The average molecular weight is 635 g/mol. The molecule has 0 unspecified atom stereocenters. The molecule has 4 aliphatic carbocycles. The zero-order chi connectivity index (χ0) is 32.4. The van der Waals surface area contributed by atoms with Gasteiger partial charge in [-0.3, -0.25) is 0 Å². The Morgan fingerprint density at radius 1 is 0.490 bits per heavy atom. The van der Waals surface area contributed by atoms with Crippen LogP contribution in [0.15, 0.2) is 144 Å². The van der Waals surface area contributed by atoms with Gasteiger partial charge in [0.15, 0.2) is 12.0 Å². The summed E-state index contributed by atoms with van der Waals surface area (Å²) in [6, 6.07) is 48.0. The Balaban J connectivity index is 1.00. The zero-order valence-electron chi connectivity index (χ0n) is 27.6. The third-order valence-corrected chi connectivity index (χ3v) is 11.8. The molecule has 3 heteroatoms. The summed E-state index contributed by atoms with van der Waals surface area (Å²) in [5.41, 5.74) is 14.6. The van der Waals surface area contributed by atoms with E-state index in [9.17, 15) is 0 Å². The van der Waals surface area contributed by atoms with E-state index in [2.05, 4.69) is 132 Å². The highest BCUT2D eigenvalue weighted by molar-refractivity contribution is 5.99. The van der Waals surface area contributed by atoms with Gasteiger partial charge < -0.3 is 4.42 Å². The molecule has 4 saturated carbocycles. The van der Waals surface area contributed by atoms with E-state index in [0.717, 1.165) is 79.2 Å². The first-order chi connectivity index (χ1) is 24.2. The molecule has 4 bridgehead atoms. The van der Waals surface area contributed by atoms with Crippen molar-refractivity contribution >= 4 is 11.1 Å². The topological polar surface area (TPSA) is 38.9 Å². The summed E-state index contributed by atoms with van der Waals surface area (Å²) in [5.74, 6) is 2.83. The van der Waals surface area contributed by atoms with E-state index >= 15 is 0 Å². The molecule has 2 heterocycles. The largest absolute Gasteiger partial charge is 0.443 e. The van der Waals surface area contributed by atoms with Crippen molar-refractivity contribution < 1.29 is 4.42 Å². The van der Waals surface area contributed by atoms with Gasteiger partial charge in [-0.25, -0.2) is 9.97 Å². The SMILES string of the molecule is c1ccc(-c2cc(-c3ccc(-c4ccc(-c5ccccc5)c5ocnc45)cc3)cc(-c3ccc(C45CC6CC(CC(C6)C4)C5)cc3)n2)cc1. The Morgan fingerprint density at radius 3 is 1.63 bits per heavy atom. The van der Waals surface area contributed by atoms with Crippen molar-refractivity contribution in [2.45, 2.75) is 43.9 Å². The third kappa shape index (κ3) is 5.03. The first-order valence-electron chi connectivity index (χ1n) is 17.9. The highest BCUT2D eigenvalue weighted by atomic mass is 16.3. The lowest BCUT2D eigenvalue weighted by atomic mass is 9.48. The van der Waals surface area contributed by atoms with Gasteiger partial charge in [-0.2, -0.15) is 0 Å². The summed E-state index contributed by atoms with van der Waals surface area (Å²) < 4.78 is 5.92. The fourth-order valence-electron chi connectivity index (χ4n) is 9.93. The summed E-state index contributed by atoms with van der Waals surface area (Å²) in [6.45, 7) is 0. The minimum Gasteiger partial charge on any atom is -0.443 e. The number of nitrogens with zero attached hydrogens (tertiary/aromatic N) is 2. The van der Waals surface area contributed by atoms with Gasteiger partial charge >= 0.3 is 0 Å². The highest BCUT2D eigenvalue weighted by Crippen LogP contribution is 2.60. The fourth-order valence-corrected chi connectivity index (χ4v) is 9.93. The number of aromatic nitrogens is 2. The molecule has 5 aromatic carbocycles. The van der Waals surface area contributed by atoms with Gasteiger partial charge in [-0.15, -0.1) is 0 Å². The van der Waals surface area contributed by atoms with E-state index < -0.39 is 0 Å². The van der Waals surface area contributed by atoms with Crippen LogP contribution in [-0.2, 0) is 5.41 Å². The molecule has 0 saturated heterocycles. The number of benzene rings is 5. The molecule has 4 fully saturated rings. The summed E-state index contributed by atoms with van der Waals surface area (Å²) in [4.78, 5) is 9.86. The van der Waals surface area contributed by atoms with Crippen molar-refractivity contribution in [3.05, 3.63) is 145 Å². The second kappa shape index (κ2) is 11.4. The molecule has 2 aromatic heterocycles. The number of rotatable bonds is 6. The number of hydrogen-bond acceptors (Lipinski definition) is 3. The lowest BCUT2D eigenvalue weighted by Gasteiger charge is -2.57. The molecule has 0 aliphatic heterocycles. The van der Waals surface area contributed by atoms with Gasteiger partial charge in [0.2, 0.25) is 0 Å². The van der Waals surface area contributed by atoms with Crippen LogP contribution in [0.1, 0.15) is 44.1 Å². The Labute approximate surface area is 287 Å². The third-order valence-electron chi connectivity index (χ3n) is 11.8. The lowest BCUT2D eigenvalue weighted by molar-refractivity contribution is -0.00518. The molecule has 11 rings (SSSR count). The molecular weight excluding hydrogens is 597 g/mol. The molecular formula is C46H38N2O. The number of fused-ring (bicyclic) bond motifs is 1. The van der Waals surface area contributed by atoms with Crippen LogP contribution in [0.5, 0.6) is 0 Å². The summed E-state index contributed by atoms with van der Waals surface area (Å²) >= 11 is 0. The molecule has 3 nitrogen and oxygen atoms in total. The van der Waals surface area contributed by atoms with E-state index in [1.165, 1.54) is 44.1 Å². The Hall–Kier alpha value is -5.28. The van der Waals surface area contributed by atoms with Crippen molar-refractivity contribution in [3.8, 4) is 55.9 Å². The second-order valence-electron chi connectivity index (χ2n) is 14.9. The van der Waals surface area contributed by atoms with Crippen molar-refractivity contribution in [1.82, 2.24) is 9.97 Å². The van der Waals surface area contributed by atoms with E-state index in [4.69, 9.17) is 9.40 Å². The number of pyridine rings is 1. The quantitative estimate of drug-likeness (QED) is 0.183. The summed E-state index contributed by atoms with van der Waals surface area (Å²) in [7, 11) is 0. The number of oxazole rings is 1. The molecule has 238 valence electrons. The first kappa shape index (κ1) is 28.7. The van der Waals surface area contributed by atoms with E-state index in [1.807, 2.05) is 6.07 Å². The van der Waals surface area contributed by atoms with Crippen LogP contribution < -0.4 is 0 Å². The minimum absolute atomic E-state index is 0.402. The Morgan fingerprint density at radius 2 is 1.00 bits per heavy atom. The van der Waals surface area contributed by atoms with Crippen molar-refractivity contribution in [2.24, 2.45) is 17.8 Å². The smallest absolute Gasteiger partial charge is 0.182 e. The monoisotopic (exact) mass is 634 g/mol. The molecule has 0 radical (unpaired) electrons. The van der Waals surface area contributed by atoms with Crippen molar-refractivity contribution in [2.75, 3.05) is 0 Å². The maximum atomic E-state index is 5.92. The maximum absolute atomic E-state index is 5.92. The van der Waals surface area contributed by atoms with Crippen LogP contribution in [0.25, 0.3) is 67.0 Å². The van der Waals surface area contributed by atoms with Gasteiger partial charge in [0.25, 0.3) is 0 Å². The molecule has 0 amide bonds. The lowest BCUT2D eigenvalue weighted by Crippen LogP contribution is -2.48. The predicted octanol–water partition coefficient (Wildman–Crippen LogP) is 12.0. The predicted molar refractivity (Wildman–Crippen MR) is 199 cm³/mol. The summed E-state index contributed by atoms with van der Waals surface area (Å²) in [6.07, 6.45) is 10.1. The van der Waals surface area contributed by atoms with Crippen molar-refractivity contribution in [1.29, 1.82) is 0 Å². The Kier molecular flexibility index (Phi) is 6.69. The normalized spacial score (nSPS) is 22.5. The van der Waals surface area contributed by atoms with E-state index in [1.54, 1.807) is 12.0 Å². The van der Waals surface area contributed by atoms with Crippen LogP contribution in [-0.4, -0.2) is 9.97 Å². The molecule has 7 aromatic rings. The first-order valence-corrected chi connectivity index (χ1v) is 17.9. The van der Waals surface area contributed by atoms with Crippen LogP contribution in [0, 0.1) is 17.8 Å². The van der Waals surface area contributed by atoms with Crippen LogP contribution in [0.2, 0.25) is 0 Å². The second-order valence-corrected chi connectivity index (χ2v) is 14.9.